The molecule has 3 nitrogen and oxygen atoms in total. The van der Waals surface area contributed by atoms with Crippen molar-refractivity contribution in [1.82, 2.24) is 14.5 Å². The molecule has 1 aliphatic rings. The molecule has 1 aromatic heterocycles. The second-order valence-corrected chi connectivity index (χ2v) is 5.26. The lowest BCUT2D eigenvalue weighted by Crippen LogP contribution is -2.36. The summed E-state index contributed by atoms with van der Waals surface area (Å²) in [5.74, 6) is 0.863. The van der Waals surface area contributed by atoms with Crippen LogP contribution in [0.15, 0.2) is 18.7 Å². The molecular weight excluding hydrogens is 266 g/mol. The molecule has 0 amide bonds. The van der Waals surface area contributed by atoms with E-state index in [-0.39, 0.29) is 0 Å². The largest absolute Gasteiger partial charge is 0.337 e. The Bertz CT molecular complexity index is 286. The Morgan fingerprint density at radius 2 is 2.31 bits per heavy atom. The zero-order chi connectivity index (χ0) is 11.2. The van der Waals surface area contributed by atoms with Gasteiger partial charge >= 0.3 is 0 Å². The Labute approximate surface area is 106 Å². The number of imidazole rings is 1. The smallest absolute Gasteiger partial charge is 0.0945 e. The number of hydrogen-bond donors (Lipinski definition) is 0. The third kappa shape index (κ3) is 3.59. The van der Waals surface area contributed by atoms with Gasteiger partial charge in [-0.2, -0.15) is 0 Å². The highest BCUT2D eigenvalue weighted by atomic mass is 79.9. The van der Waals surface area contributed by atoms with Gasteiger partial charge in [0, 0.05) is 30.8 Å². The van der Waals surface area contributed by atoms with Crippen LogP contribution in [0.4, 0.5) is 0 Å². The zero-order valence-electron chi connectivity index (χ0n) is 9.69. The summed E-state index contributed by atoms with van der Waals surface area (Å²) < 4.78 is 2.16. The summed E-state index contributed by atoms with van der Waals surface area (Å²) in [6, 6.07) is 0. The average molecular weight is 286 g/mol. The molecule has 1 aliphatic heterocycles. The fourth-order valence-corrected chi connectivity index (χ4v) is 2.90. The van der Waals surface area contributed by atoms with Crippen molar-refractivity contribution in [1.29, 1.82) is 0 Å². The Hall–Kier alpha value is -0.350. The van der Waals surface area contributed by atoms with Gasteiger partial charge in [0.15, 0.2) is 0 Å². The average Bonchev–Trinajstić information content (AvgIpc) is 2.82. The molecule has 90 valence electrons. The Kier molecular flexibility index (Phi) is 4.85. The first-order valence-corrected chi connectivity index (χ1v) is 7.24. The Morgan fingerprint density at radius 1 is 1.38 bits per heavy atom. The summed E-state index contributed by atoms with van der Waals surface area (Å²) in [5, 5.41) is 1.16. The molecule has 0 saturated carbocycles. The minimum absolute atomic E-state index is 0.863. The third-order valence-corrected chi connectivity index (χ3v) is 4.19. The molecule has 16 heavy (non-hydrogen) atoms. The summed E-state index contributed by atoms with van der Waals surface area (Å²) >= 11 is 3.60. The van der Waals surface area contributed by atoms with Gasteiger partial charge in [0.25, 0.3) is 0 Å². The molecule has 0 bridgehead atoms. The van der Waals surface area contributed by atoms with E-state index in [2.05, 4.69) is 30.4 Å². The number of piperidine rings is 1. The monoisotopic (exact) mass is 285 g/mol. The van der Waals surface area contributed by atoms with Gasteiger partial charge in [0.05, 0.1) is 6.33 Å². The third-order valence-electron chi connectivity index (χ3n) is 3.27. The van der Waals surface area contributed by atoms with Gasteiger partial charge in [0.1, 0.15) is 0 Å². The number of rotatable bonds is 5. The number of alkyl halides is 1. The maximum Gasteiger partial charge on any atom is 0.0945 e. The number of aromatic nitrogens is 2. The molecule has 0 aromatic carbocycles. The molecule has 1 unspecified atom stereocenters. The maximum absolute atomic E-state index is 4.06. The predicted molar refractivity (Wildman–Crippen MR) is 69.8 cm³/mol. The van der Waals surface area contributed by atoms with Gasteiger partial charge in [-0.25, -0.2) is 4.98 Å². The first-order valence-electron chi connectivity index (χ1n) is 6.12. The van der Waals surface area contributed by atoms with Crippen molar-refractivity contribution in [2.45, 2.75) is 25.8 Å². The zero-order valence-corrected chi connectivity index (χ0v) is 11.3. The normalized spacial score (nSPS) is 22.4. The first kappa shape index (κ1) is 12.1. The molecule has 0 radical (unpaired) electrons. The molecule has 1 fully saturated rings. The molecule has 1 aromatic rings. The van der Waals surface area contributed by atoms with Crippen molar-refractivity contribution in [2.24, 2.45) is 5.92 Å². The predicted octanol–water partition coefficient (Wildman–Crippen LogP) is 2.38. The topological polar surface area (TPSA) is 21.1 Å². The van der Waals surface area contributed by atoms with E-state index >= 15 is 0 Å². The van der Waals surface area contributed by atoms with Gasteiger partial charge in [0.2, 0.25) is 0 Å². The highest BCUT2D eigenvalue weighted by Gasteiger charge is 2.17. The second kappa shape index (κ2) is 6.40. The van der Waals surface area contributed by atoms with Gasteiger partial charge < -0.3 is 9.47 Å². The van der Waals surface area contributed by atoms with Gasteiger partial charge in [-0.15, -0.1) is 0 Å². The van der Waals surface area contributed by atoms with Crippen LogP contribution in [0, 0.1) is 5.92 Å². The molecule has 4 heteroatoms. The highest BCUT2D eigenvalue weighted by Crippen LogP contribution is 2.18. The lowest BCUT2D eigenvalue weighted by atomic mass is 10.0. The van der Waals surface area contributed by atoms with Crippen LogP contribution in [0.1, 0.15) is 19.3 Å². The summed E-state index contributed by atoms with van der Waals surface area (Å²) in [7, 11) is 0. The molecule has 0 spiro atoms. The van der Waals surface area contributed by atoms with E-state index in [1.807, 2.05) is 18.7 Å². The van der Waals surface area contributed by atoms with Crippen LogP contribution in [0.3, 0.4) is 0 Å². The van der Waals surface area contributed by atoms with Crippen LogP contribution < -0.4 is 0 Å². The van der Waals surface area contributed by atoms with Gasteiger partial charge in [-0.1, -0.05) is 15.9 Å². The van der Waals surface area contributed by atoms with Gasteiger partial charge in [-0.3, -0.25) is 0 Å². The minimum Gasteiger partial charge on any atom is -0.337 e. The van der Waals surface area contributed by atoms with Crippen LogP contribution in [0.5, 0.6) is 0 Å². The van der Waals surface area contributed by atoms with Crippen LogP contribution in [0.2, 0.25) is 0 Å². The maximum atomic E-state index is 4.06. The number of nitrogens with zero attached hydrogens (tertiary/aromatic N) is 3. The second-order valence-electron chi connectivity index (χ2n) is 4.62. The molecule has 1 saturated heterocycles. The summed E-state index contributed by atoms with van der Waals surface area (Å²) in [6.07, 6.45) is 9.77. The molecule has 0 aliphatic carbocycles. The fourth-order valence-electron chi connectivity index (χ4n) is 2.38. The van der Waals surface area contributed by atoms with Crippen molar-refractivity contribution >= 4 is 15.9 Å². The molecule has 2 rings (SSSR count). The van der Waals surface area contributed by atoms with Crippen molar-refractivity contribution in [3.8, 4) is 0 Å². The van der Waals surface area contributed by atoms with E-state index in [9.17, 15) is 0 Å². The van der Waals surface area contributed by atoms with Crippen molar-refractivity contribution in [3.63, 3.8) is 0 Å². The van der Waals surface area contributed by atoms with E-state index < -0.39 is 0 Å². The molecular formula is C12H20BrN3. The van der Waals surface area contributed by atoms with Crippen LogP contribution in [0.25, 0.3) is 0 Å². The lowest BCUT2D eigenvalue weighted by molar-refractivity contribution is 0.182. The lowest BCUT2D eigenvalue weighted by Gasteiger charge is -2.31. The standard InChI is InChI=1S/C12H20BrN3/c13-9-12-3-1-5-15(10-12)6-2-7-16-8-4-14-11-16/h4,8,11-12H,1-3,5-7,9-10H2. The van der Waals surface area contributed by atoms with Crippen LogP contribution in [-0.4, -0.2) is 39.4 Å². The van der Waals surface area contributed by atoms with Crippen LogP contribution in [-0.2, 0) is 6.54 Å². The molecule has 2 heterocycles. The minimum atomic E-state index is 0.863. The summed E-state index contributed by atoms with van der Waals surface area (Å²) in [4.78, 5) is 6.66. The summed E-state index contributed by atoms with van der Waals surface area (Å²) in [5.41, 5.74) is 0. The highest BCUT2D eigenvalue weighted by molar-refractivity contribution is 9.09. The quantitative estimate of drug-likeness (QED) is 0.775. The van der Waals surface area contributed by atoms with Crippen molar-refractivity contribution in [2.75, 3.05) is 25.0 Å². The number of aryl methyl sites for hydroxylation is 1. The van der Waals surface area contributed by atoms with E-state index in [0.717, 1.165) is 17.8 Å². The van der Waals surface area contributed by atoms with Crippen molar-refractivity contribution in [3.05, 3.63) is 18.7 Å². The first-order chi connectivity index (χ1) is 7.88. The Balaban J connectivity index is 1.65. The summed E-state index contributed by atoms with van der Waals surface area (Å²) in [6.45, 7) is 4.87. The Morgan fingerprint density at radius 3 is 3.06 bits per heavy atom. The SMILES string of the molecule is BrCC1CCCN(CCCn2ccnc2)C1. The number of likely N-dealkylation sites (tertiary alicyclic amines) is 1. The van der Waals surface area contributed by atoms with Gasteiger partial charge in [-0.05, 0) is 38.3 Å². The van der Waals surface area contributed by atoms with Crippen molar-refractivity contribution < 1.29 is 0 Å². The van der Waals surface area contributed by atoms with Crippen LogP contribution >= 0.6 is 15.9 Å². The number of hydrogen-bond acceptors (Lipinski definition) is 2. The van der Waals surface area contributed by atoms with E-state index in [4.69, 9.17) is 0 Å². The number of halogens is 1. The van der Waals surface area contributed by atoms with E-state index in [1.54, 1.807) is 0 Å². The van der Waals surface area contributed by atoms with E-state index in [0.29, 0.717) is 0 Å². The molecule has 0 N–H and O–H groups in total. The fraction of sp³-hybridized carbons (Fsp3) is 0.750. The molecule has 1 atom stereocenters. The van der Waals surface area contributed by atoms with E-state index in [1.165, 1.54) is 38.9 Å².